The predicted molar refractivity (Wildman–Crippen MR) is 106 cm³/mol. The first-order chi connectivity index (χ1) is 13.0. The van der Waals surface area contributed by atoms with Crippen LogP contribution >= 0.6 is 0 Å². The zero-order valence-electron chi connectivity index (χ0n) is 15.8. The molecule has 1 aromatic rings. The topological polar surface area (TPSA) is 130 Å². The van der Waals surface area contributed by atoms with Gasteiger partial charge < -0.3 is 10.2 Å². The molecule has 1 aliphatic rings. The highest BCUT2D eigenvalue weighted by atomic mass is 32.2. The van der Waals surface area contributed by atoms with Crippen LogP contribution in [0.2, 0.25) is 0 Å². The Hall–Kier alpha value is -2.14. The van der Waals surface area contributed by atoms with Gasteiger partial charge >= 0.3 is 0 Å². The third-order valence-corrected chi connectivity index (χ3v) is 7.35. The summed E-state index contributed by atoms with van der Waals surface area (Å²) in [4.78, 5) is 26.3. The molecule has 11 heteroatoms. The molecule has 0 bridgehead atoms. The minimum atomic E-state index is -3.48. The van der Waals surface area contributed by atoms with E-state index in [-0.39, 0.29) is 47.5 Å². The average molecular weight is 432 g/mol. The van der Waals surface area contributed by atoms with Gasteiger partial charge in [0.05, 0.1) is 17.3 Å². The molecule has 0 spiro atoms. The number of hydrogen-bond donors (Lipinski definition) is 2. The van der Waals surface area contributed by atoms with Crippen LogP contribution in [0.4, 0.5) is 5.69 Å². The Kier molecular flexibility index (Phi) is 7.05. The van der Waals surface area contributed by atoms with Crippen molar-refractivity contribution in [2.45, 2.75) is 26.3 Å². The Morgan fingerprint density at radius 2 is 1.86 bits per heavy atom. The number of amides is 2. The van der Waals surface area contributed by atoms with Crippen LogP contribution in [0.1, 0.15) is 30.6 Å². The van der Waals surface area contributed by atoms with E-state index in [9.17, 15) is 26.4 Å². The van der Waals surface area contributed by atoms with Gasteiger partial charge in [0.1, 0.15) is 6.04 Å². The fourth-order valence-electron chi connectivity index (χ4n) is 2.77. The first kappa shape index (κ1) is 22.2. The summed E-state index contributed by atoms with van der Waals surface area (Å²) in [6.45, 7) is 3.49. The smallest absolute Gasteiger partial charge is 0.251 e. The van der Waals surface area contributed by atoms with Crippen LogP contribution in [-0.4, -0.2) is 69.9 Å². The average Bonchev–Trinajstić information content (AvgIpc) is 2.60. The molecule has 1 unspecified atom stereocenters. The first-order valence-electron chi connectivity index (χ1n) is 8.93. The Morgan fingerprint density at radius 1 is 1.21 bits per heavy atom. The number of nitrogens with zero attached hydrogens (tertiary/aromatic N) is 1. The molecule has 2 N–H and O–H groups in total. The second-order valence-corrected chi connectivity index (χ2v) is 10.8. The number of rotatable bonds is 7. The fraction of sp³-hybridized carbons (Fsp3) is 0.529. The molecule has 0 saturated carbocycles. The largest absolute Gasteiger partial charge is 0.341 e. The van der Waals surface area contributed by atoms with Crippen molar-refractivity contribution in [3.05, 3.63) is 29.8 Å². The maximum atomic E-state index is 12.4. The highest BCUT2D eigenvalue weighted by Gasteiger charge is 2.28. The zero-order chi connectivity index (χ0) is 20.9. The molecule has 28 heavy (non-hydrogen) atoms. The molecule has 0 aromatic heterocycles. The third kappa shape index (κ3) is 6.20. The number of sulfonamides is 1. The van der Waals surface area contributed by atoms with E-state index in [1.165, 1.54) is 30.0 Å². The quantitative estimate of drug-likeness (QED) is 0.635. The van der Waals surface area contributed by atoms with Crippen LogP contribution in [0.3, 0.4) is 0 Å². The molecule has 1 heterocycles. The van der Waals surface area contributed by atoms with Gasteiger partial charge in [0.25, 0.3) is 5.91 Å². The molecule has 1 atom stereocenters. The van der Waals surface area contributed by atoms with E-state index in [1.807, 2.05) is 0 Å². The molecule has 2 rings (SSSR count). The van der Waals surface area contributed by atoms with Gasteiger partial charge in [-0.3, -0.25) is 14.3 Å². The third-order valence-electron chi connectivity index (χ3n) is 4.25. The predicted octanol–water partition coefficient (Wildman–Crippen LogP) is 0.214. The monoisotopic (exact) mass is 431 g/mol. The maximum Gasteiger partial charge on any atom is 0.251 e. The van der Waals surface area contributed by atoms with Crippen LogP contribution < -0.4 is 10.0 Å². The van der Waals surface area contributed by atoms with Crippen LogP contribution in [0, 0.1) is 0 Å². The summed E-state index contributed by atoms with van der Waals surface area (Å²) in [6.07, 6.45) is 0.465. The molecular weight excluding hydrogens is 406 g/mol. The molecule has 1 saturated heterocycles. The molecule has 0 radical (unpaired) electrons. The van der Waals surface area contributed by atoms with Crippen LogP contribution in [-0.2, 0) is 24.7 Å². The lowest BCUT2D eigenvalue weighted by Crippen LogP contribution is -2.51. The molecule has 1 aromatic carbocycles. The standard InChI is InChI=1S/C17H25N3O6S2/c1-3-9-28(25,26)19-15-6-4-5-14(12-15)16(21)18-13(2)17(22)20-7-10-27(23,24)11-8-20/h4-6,12-13,19H,3,7-11H2,1-2H3,(H,18,21). The number of hydrogen-bond acceptors (Lipinski definition) is 6. The van der Waals surface area contributed by atoms with Crippen molar-refractivity contribution < 1.29 is 26.4 Å². The Bertz CT molecular complexity index is 929. The molecule has 2 amide bonds. The highest BCUT2D eigenvalue weighted by Crippen LogP contribution is 2.13. The van der Waals surface area contributed by atoms with Gasteiger partial charge in [0, 0.05) is 24.3 Å². The minimum absolute atomic E-state index is 0.0273. The number of benzene rings is 1. The van der Waals surface area contributed by atoms with Crippen LogP contribution in [0.25, 0.3) is 0 Å². The van der Waals surface area contributed by atoms with Crippen molar-refractivity contribution in [2.75, 3.05) is 35.1 Å². The SMILES string of the molecule is CCCS(=O)(=O)Nc1cccc(C(=O)NC(C)C(=O)N2CCS(=O)(=O)CC2)c1. The van der Waals surface area contributed by atoms with Crippen molar-refractivity contribution in [1.82, 2.24) is 10.2 Å². The van der Waals surface area contributed by atoms with Crippen LogP contribution in [0.5, 0.6) is 0 Å². The van der Waals surface area contributed by atoms with E-state index in [0.29, 0.717) is 6.42 Å². The van der Waals surface area contributed by atoms with Gasteiger partial charge in [-0.05, 0) is 31.5 Å². The van der Waals surface area contributed by atoms with Crippen LogP contribution in [0.15, 0.2) is 24.3 Å². The number of sulfone groups is 1. The molecular formula is C17H25N3O6S2. The Labute approximate surface area is 165 Å². The molecule has 156 valence electrons. The van der Waals surface area contributed by atoms with E-state index >= 15 is 0 Å². The fourth-order valence-corrected chi connectivity index (χ4v) is 5.10. The molecule has 0 aliphatic carbocycles. The van der Waals surface area contributed by atoms with Crippen molar-refractivity contribution in [2.24, 2.45) is 0 Å². The first-order valence-corrected chi connectivity index (χ1v) is 12.4. The molecule has 9 nitrogen and oxygen atoms in total. The summed E-state index contributed by atoms with van der Waals surface area (Å²) in [6, 6.07) is 5.15. The number of carbonyl (C=O) groups excluding carboxylic acids is 2. The van der Waals surface area contributed by atoms with Gasteiger partial charge in [0.2, 0.25) is 15.9 Å². The Balaban J connectivity index is 2.00. The second kappa shape index (κ2) is 8.91. The van der Waals surface area contributed by atoms with Crippen molar-refractivity contribution in [3.63, 3.8) is 0 Å². The van der Waals surface area contributed by atoms with Crippen molar-refractivity contribution in [1.29, 1.82) is 0 Å². The Morgan fingerprint density at radius 3 is 2.46 bits per heavy atom. The van der Waals surface area contributed by atoms with Gasteiger partial charge in [-0.2, -0.15) is 0 Å². The van der Waals surface area contributed by atoms with Crippen molar-refractivity contribution >= 4 is 37.4 Å². The molecule has 1 aliphatic heterocycles. The zero-order valence-corrected chi connectivity index (χ0v) is 17.5. The van der Waals surface area contributed by atoms with E-state index < -0.39 is 31.8 Å². The lowest BCUT2D eigenvalue weighted by atomic mass is 10.1. The van der Waals surface area contributed by atoms with Gasteiger partial charge in [-0.15, -0.1) is 0 Å². The van der Waals surface area contributed by atoms with E-state index in [1.54, 1.807) is 13.0 Å². The lowest BCUT2D eigenvalue weighted by Gasteiger charge is -2.29. The highest BCUT2D eigenvalue weighted by molar-refractivity contribution is 7.92. The second-order valence-electron chi connectivity index (χ2n) is 6.67. The lowest BCUT2D eigenvalue weighted by molar-refractivity contribution is -0.132. The van der Waals surface area contributed by atoms with E-state index in [4.69, 9.17) is 0 Å². The number of carbonyl (C=O) groups is 2. The summed E-state index contributed by atoms with van der Waals surface area (Å²) >= 11 is 0. The minimum Gasteiger partial charge on any atom is -0.341 e. The summed E-state index contributed by atoms with van der Waals surface area (Å²) in [7, 11) is -6.58. The molecule has 1 fully saturated rings. The van der Waals surface area contributed by atoms with E-state index in [0.717, 1.165) is 0 Å². The summed E-state index contributed by atoms with van der Waals surface area (Å²) < 4.78 is 49.1. The maximum absolute atomic E-state index is 12.4. The number of anilines is 1. The normalized spacial score (nSPS) is 17.6. The van der Waals surface area contributed by atoms with Gasteiger partial charge in [-0.25, -0.2) is 16.8 Å². The number of nitrogens with one attached hydrogen (secondary N) is 2. The van der Waals surface area contributed by atoms with Gasteiger partial charge in [0.15, 0.2) is 9.84 Å². The van der Waals surface area contributed by atoms with E-state index in [2.05, 4.69) is 10.0 Å². The summed E-state index contributed by atoms with van der Waals surface area (Å²) in [5.41, 5.74) is 0.471. The summed E-state index contributed by atoms with van der Waals surface area (Å²) in [5.74, 6) is -1.08. The van der Waals surface area contributed by atoms with Crippen molar-refractivity contribution in [3.8, 4) is 0 Å². The summed E-state index contributed by atoms with van der Waals surface area (Å²) in [5, 5.41) is 2.57. The van der Waals surface area contributed by atoms with Gasteiger partial charge in [-0.1, -0.05) is 13.0 Å².